The number of phenolic OH excluding ortho intramolecular Hbond substituents is 1. The van der Waals surface area contributed by atoms with E-state index in [-0.39, 0.29) is 17.6 Å². The van der Waals surface area contributed by atoms with Gasteiger partial charge in [-0.25, -0.2) is 0 Å². The zero-order valence-corrected chi connectivity index (χ0v) is 11.3. The second-order valence-electron chi connectivity index (χ2n) is 4.69. The molecule has 110 valence electrons. The van der Waals surface area contributed by atoms with Crippen molar-refractivity contribution in [2.24, 2.45) is 11.5 Å². The summed E-state index contributed by atoms with van der Waals surface area (Å²) in [6.45, 7) is 0.482. The molecule has 20 heavy (non-hydrogen) atoms. The highest BCUT2D eigenvalue weighted by Gasteiger charge is 2.13. The summed E-state index contributed by atoms with van der Waals surface area (Å²) in [4.78, 5) is 22.3. The summed E-state index contributed by atoms with van der Waals surface area (Å²) in [5, 5.41) is 11.9. The normalized spacial score (nSPS) is 11.8. The lowest BCUT2D eigenvalue weighted by Crippen LogP contribution is -2.42. The molecule has 0 aliphatic heterocycles. The van der Waals surface area contributed by atoms with Crippen molar-refractivity contribution in [1.29, 1.82) is 0 Å². The minimum absolute atomic E-state index is 0.182. The molecule has 0 unspecified atom stereocenters. The number of hydrogen-bond acceptors (Lipinski definition) is 4. The molecule has 6 nitrogen and oxygen atoms in total. The predicted molar refractivity (Wildman–Crippen MR) is 75.8 cm³/mol. The number of phenols is 1. The molecule has 2 amide bonds. The Kier molecular flexibility index (Phi) is 6.52. The molecular weight excluding hydrogens is 258 g/mol. The first-order valence-corrected chi connectivity index (χ1v) is 6.58. The van der Waals surface area contributed by atoms with E-state index in [2.05, 4.69) is 5.32 Å². The quantitative estimate of drug-likeness (QED) is 0.502. The fraction of sp³-hybridized carbons (Fsp3) is 0.429. The Morgan fingerprint density at radius 1 is 1.20 bits per heavy atom. The number of rotatable bonds is 8. The molecule has 0 heterocycles. The van der Waals surface area contributed by atoms with Gasteiger partial charge in [0.05, 0.1) is 6.04 Å². The van der Waals surface area contributed by atoms with E-state index in [0.29, 0.717) is 32.2 Å². The van der Waals surface area contributed by atoms with E-state index in [0.717, 1.165) is 5.56 Å². The molecule has 0 spiro atoms. The van der Waals surface area contributed by atoms with E-state index in [4.69, 9.17) is 16.6 Å². The van der Waals surface area contributed by atoms with Crippen molar-refractivity contribution < 1.29 is 14.7 Å². The summed E-state index contributed by atoms with van der Waals surface area (Å²) in [5.41, 5.74) is 11.7. The molecular formula is C14H21N3O3. The minimum atomic E-state index is -0.629. The average Bonchev–Trinajstić information content (AvgIpc) is 2.40. The van der Waals surface area contributed by atoms with Gasteiger partial charge >= 0.3 is 0 Å². The Morgan fingerprint density at radius 3 is 2.45 bits per heavy atom. The van der Waals surface area contributed by atoms with Crippen LogP contribution in [0, 0.1) is 0 Å². The van der Waals surface area contributed by atoms with Crippen molar-refractivity contribution >= 4 is 11.8 Å². The van der Waals surface area contributed by atoms with E-state index < -0.39 is 6.04 Å². The third-order valence-corrected chi connectivity index (χ3v) is 2.88. The monoisotopic (exact) mass is 279 g/mol. The van der Waals surface area contributed by atoms with Gasteiger partial charge in [-0.05, 0) is 37.0 Å². The molecule has 1 aromatic rings. The van der Waals surface area contributed by atoms with Crippen LogP contribution in [0.4, 0.5) is 0 Å². The fourth-order valence-corrected chi connectivity index (χ4v) is 1.75. The molecule has 0 aliphatic rings. The number of unbranched alkanes of at least 4 members (excludes halogenated alkanes) is 1. The van der Waals surface area contributed by atoms with Gasteiger partial charge in [0.25, 0.3) is 0 Å². The van der Waals surface area contributed by atoms with E-state index in [1.165, 1.54) is 0 Å². The summed E-state index contributed by atoms with van der Waals surface area (Å²) < 4.78 is 0. The smallest absolute Gasteiger partial charge is 0.237 e. The molecule has 6 N–H and O–H groups in total. The molecule has 0 saturated carbocycles. The zero-order valence-electron chi connectivity index (χ0n) is 11.3. The van der Waals surface area contributed by atoms with Crippen LogP contribution < -0.4 is 16.8 Å². The van der Waals surface area contributed by atoms with Gasteiger partial charge in [-0.3, -0.25) is 9.59 Å². The maximum absolute atomic E-state index is 11.7. The number of hydrogen-bond donors (Lipinski definition) is 4. The first-order valence-electron chi connectivity index (χ1n) is 6.58. The van der Waals surface area contributed by atoms with Crippen LogP contribution in [0.1, 0.15) is 24.8 Å². The maximum atomic E-state index is 11.7. The molecule has 0 aromatic heterocycles. The molecule has 0 aliphatic carbocycles. The minimum Gasteiger partial charge on any atom is -0.508 e. The van der Waals surface area contributed by atoms with Crippen LogP contribution in [-0.2, 0) is 16.0 Å². The second kappa shape index (κ2) is 8.16. The summed E-state index contributed by atoms with van der Waals surface area (Å²) >= 11 is 0. The van der Waals surface area contributed by atoms with Crippen molar-refractivity contribution in [3.05, 3.63) is 29.8 Å². The van der Waals surface area contributed by atoms with Gasteiger partial charge in [0.1, 0.15) is 5.75 Å². The van der Waals surface area contributed by atoms with Crippen LogP contribution in [0.15, 0.2) is 24.3 Å². The third-order valence-electron chi connectivity index (χ3n) is 2.88. The molecule has 1 rings (SSSR count). The summed E-state index contributed by atoms with van der Waals surface area (Å²) in [6.07, 6.45) is 2.09. The van der Waals surface area contributed by atoms with Crippen LogP contribution in [0.2, 0.25) is 0 Å². The van der Waals surface area contributed by atoms with Gasteiger partial charge in [-0.1, -0.05) is 12.1 Å². The van der Waals surface area contributed by atoms with Crippen molar-refractivity contribution in [3.8, 4) is 5.75 Å². The van der Waals surface area contributed by atoms with Gasteiger partial charge < -0.3 is 21.9 Å². The van der Waals surface area contributed by atoms with Gasteiger partial charge in [0.15, 0.2) is 0 Å². The Morgan fingerprint density at radius 2 is 1.85 bits per heavy atom. The standard InChI is InChI=1S/C14H21N3O3/c15-12(9-10-4-6-11(18)7-5-10)14(20)17-8-2-1-3-13(16)19/h4-7,12,18H,1-3,8-9,15H2,(H2,16,19)(H,17,20)/t12-/m0/s1. The third kappa shape index (κ3) is 6.19. The van der Waals surface area contributed by atoms with E-state index in [1.54, 1.807) is 24.3 Å². The lowest BCUT2D eigenvalue weighted by Gasteiger charge is -2.12. The van der Waals surface area contributed by atoms with E-state index >= 15 is 0 Å². The first kappa shape index (κ1) is 16.0. The molecule has 0 radical (unpaired) electrons. The Labute approximate surface area is 118 Å². The van der Waals surface area contributed by atoms with Gasteiger partial charge in [0, 0.05) is 13.0 Å². The molecule has 6 heteroatoms. The van der Waals surface area contributed by atoms with Gasteiger partial charge in [0.2, 0.25) is 11.8 Å². The number of benzene rings is 1. The average molecular weight is 279 g/mol. The highest BCUT2D eigenvalue weighted by Crippen LogP contribution is 2.10. The van der Waals surface area contributed by atoms with Crippen LogP contribution >= 0.6 is 0 Å². The molecule has 1 atom stereocenters. The van der Waals surface area contributed by atoms with Gasteiger partial charge in [-0.2, -0.15) is 0 Å². The van der Waals surface area contributed by atoms with Gasteiger partial charge in [-0.15, -0.1) is 0 Å². The summed E-state index contributed by atoms with van der Waals surface area (Å²) in [7, 11) is 0. The zero-order chi connectivity index (χ0) is 15.0. The van der Waals surface area contributed by atoms with Crippen molar-refractivity contribution in [1.82, 2.24) is 5.32 Å². The second-order valence-corrected chi connectivity index (χ2v) is 4.69. The summed E-state index contributed by atoms with van der Waals surface area (Å²) in [6, 6.07) is 5.95. The van der Waals surface area contributed by atoms with Crippen molar-refractivity contribution in [2.75, 3.05) is 6.54 Å². The van der Waals surface area contributed by atoms with Crippen LogP contribution in [0.25, 0.3) is 0 Å². The molecule has 1 aromatic carbocycles. The SMILES string of the molecule is NC(=O)CCCCNC(=O)[C@@H](N)Cc1ccc(O)cc1. The number of carbonyl (C=O) groups excluding carboxylic acids is 2. The molecule has 0 saturated heterocycles. The lowest BCUT2D eigenvalue weighted by atomic mass is 10.1. The van der Waals surface area contributed by atoms with E-state index in [1.807, 2.05) is 0 Å². The number of amides is 2. The fourth-order valence-electron chi connectivity index (χ4n) is 1.75. The first-order chi connectivity index (χ1) is 9.49. The molecule has 0 fully saturated rings. The number of carbonyl (C=O) groups is 2. The Balaban J connectivity index is 2.25. The largest absolute Gasteiger partial charge is 0.508 e. The number of nitrogens with two attached hydrogens (primary N) is 2. The topological polar surface area (TPSA) is 118 Å². The number of aromatic hydroxyl groups is 1. The molecule has 0 bridgehead atoms. The Bertz CT molecular complexity index is 445. The van der Waals surface area contributed by atoms with Crippen LogP contribution in [0.3, 0.4) is 0 Å². The Hall–Kier alpha value is -2.08. The summed E-state index contributed by atoms with van der Waals surface area (Å²) in [5.74, 6) is -0.376. The number of primary amides is 1. The van der Waals surface area contributed by atoms with E-state index in [9.17, 15) is 9.59 Å². The highest BCUT2D eigenvalue weighted by atomic mass is 16.3. The lowest BCUT2D eigenvalue weighted by molar-refractivity contribution is -0.122. The predicted octanol–water partition coefficient (Wildman–Crippen LogP) is 0.0338. The van der Waals surface area contributed by atoms with Crippen LogP contribution in [0.5, 0.6) is 5.75 Å². The highest BCUT2D eigenvalue weighted by molar-refractivity contribution is 5.81. The van der Waals surface area contributed by atoms with Crippen molar-refractivity contribution in [3.63, 3.8) is 0 Å². The van der Waals surface area contributed by atoms with Crippen molar-refractivity contribution in [2.45, 2.75) is 31.7 Å². The maximum Gasteiger partial charge on any atom is 0.237 e. The number of nitrogens with one attached hydrogen (secondary N) is 1. The van der Waals surface area contributed by atoms with Crippen LogP contribution in [-0.4, -0.2) is 29.5 Å².